The Labute approximate surface area is 124 Å². The summed E-state index contributed by atoms with van der Waals surface area (Å²) in [6, 6.07) is 6.73. The fourth-order valence-electron chi connectivity index (χ4n) is 1.93. The summed E-state index contributed by atoms with van der Waals surface area (Å²) < 4.78 is 30.9. The van der Waals surface area contributed by atoms with E-state index in [2.05, 4.69) is 0 Å². The van der Waals surface area contributed by atoms with Crippen molar-refractivity contribution in [1.82, 2.24) is 9.21 Å². The summed E-state index contributed by atoms with van der Waals surface area (Å²) in [5.41, 5.74) is 6.17. The van der Waals surface area contributed by atoms with Gasteiger partial charge in [0.15, 0.2) is 0 Å². The molecule has 1 fully saturated rings. The first-order valence-electron chi connectivity index (χ1n) is 6.58. The van der Waals surface area contributed by atoms with Crippen molar-refractivity contribution in [3.05, 3.63) is 24.3 Å². The van der Waals surface area contributed by atoms with Gasteiger partial charge in [0.05, 0.1) is 12.3 Å². The topological polar surface area (TPSA) is 92.9 Å². The molecule has 1 aliphatic heterocycles. The van der Waals surface area contributed by atoms with E-state index < -0.39 is 10.0 Å². The molecule has 7 nitrogen and oxygen atoms in total. The molecular weight excluding hydrogens is 294 g/mol. The first kappa shape index (κ1) is 15.6. The van der Waals surface area contributed by atoms with E-state index in [9.17, 15) is 13.2 Å². The number of anilines is 1. The fourth-order valence-corrected chi connectivity index (χ4v) is 3.15. The monoisotopic (exact) mass is 313 g/mol. The Bertz CT molecular complexity index is 600. The number of benzene rings is 1. The van der Waals surface area contributed by atoms with Gasteiger partial charge in [-0.15, -0.1) is 0 Å². The predicted molar refractivity (Wildman–Crippen MR) is 79.3 cm³/mol. The zero-order valence-corrected chi connectivity index (χ0v) is 12.7. The van der Waals surface area contributed by atoms with Crippen LogP contribution < -0.4 is 10.5 Å². The molecule has 8 heteroatoms. The fraction of sp³-hybridized carbons (Fsp3) is 0.462. The molecule has 2 N–H and O–H groups in total. The molecule has 0 radical (unpaired) electrons. The van der Waals surface area contributed by atoms with Gasteiger partial charge in [0.25, 0.3) is 0 Å². The van der Waals surface area contributed by atoms with Crippen molar-refractivity contribution in [3.8, 4) is 5.75 Å². The lowest BCUT2D eigenvalue weighted by atomic mass is 10.3. The van der Waals surface area contributed by atoms with Gasteiger partial charge in [0.2, 0.25) is 15.9 Å². The molecule has 1 aromatic carbocycles. The van der Waals surface area contributed by atoms with Gasteiger partial charge >= 0.3 is 0 Å². The SMILES string of the molecule is CN1CCN(S(=O)(=O)CCOc2ccc(N)cc2)CC1=O. The molecule has 2 rings (SSSR count). The quantitative estimate of drug-likeness (QED) is 0.757. The number of nitrogens with two attached hydrogens (primary N) is 1. The van der Waals surface area contributed by atoms with E-state index in [1.54, 1.807) is 31.3 Å². The van der Waals surface area contributed by atoms with E-state index in [1.165, 1.54) is 9.21 Å². The number of carbonyl (C=O) groups excluding carboxylic acids is 1. The summed E-state index contributed by atoms with van der Waals surface area (Å²) in [5.74, 6) is 0.215. The van der Waals surface area contributed by atoms with Crippen LogP contribution >= 0.6 is 0 Å². The van der Waals surface area contributed by atoms with E-state index in [-0.39, 0.29) is 24.8 Å². The summed E-state index contributed by atoms with van der Waals surface area (Å²) in [5, 5.41) is 0. The molecule has 0 spiro atoms. The predicted octanol–water partition coefficient (Wildman–Crippen LogP) is -0.249. The van der Waals surface area contributed by atoms with Crippen molar-refractivity contribution in [2.24, 2.45) is 0 Å². The van der Waals surface area contributed by atoms with Gasteiger partial charge in [-0.1, -0.05) is 0 Å². The molecule has 1 saturated heterocycles. The molecule has 21 heavy (non-hydrogen) atoms. The largest absolute Gasteiger partial charge is 0.492 e. The van der Waals surface area contributed by atoms with Crippen LogP contribution in [0, 0.1) is 0 Å². The lowest BCUT2D eigenvalue weighted by Crippen LogP contribution is -2.51. The Hall–Kier alpha value is -1.80. The second kappa shape index (κ2) is 6.31. The number of nitrogens with zero attached hydrogens (tertiary/aromatic N) is 2. The number of likely N-dealkylation sites (N-methyl/N-ethyl adjacent to an activating group) is 1. The molecule has 0 atom stereocenters. The minimum Gasteiger partial charge on any atom is -0.492 e. The second-order valence-electron chi connectivity index (χ2n) is 4.88. The van der Waals surface area contributed by atoms with Crippen LogP contribution in [-0.2, 0) is 14.8 Å². The average Bonchev–Trinajstić information content (AvgIpc) is 2.44. The molecule has 0 saturated carbocycles. The molecule has 1 aliphatic rings. The zero-order chi connectivity index (χ0) is 15.5. The van der Waals surface area contributed by atoms with Crippen molar-refractivity contribution in [1.29, 1.82) is 0 Å². The zero-order valence-electron chi connectivity index (χ0n) is 11.9. The highest BCUT2D eigenvalue weighted by Gasteiger charge is 2.29. The molecule has 0 unspecified atom stereocenters. The standard InChI is InChI=1S/C13H19N3O4S/c1-15-6-7-16(10-13(15)17)21(18,19)9-8-20-12-4-2-11(14)3-5-12/h2-5H,6-10,14H2,1H3. The number of nitrogen functional groups attached to an aromatic ring is 1. The number of ether oxygens (including phenoxy) is 1. The lowest BCUT2D eigenvalue weighted by Gasteiger charge is -2.31. The first-order valence-corrected chi connectivity index (χ1v) is 8.19. The van der Waals surface area contributed by atoms with Gasteiger partial charge < -0.3 is 15.4 Å². The molecular formula is C13H19N3O4S. The number of hydrogen-bond donors (Lipinski definition) is 1. The maximum absolute atomic E-state index is 12.1. The van der Waals surface area contributed by atoms with Crippen molar-refractivity contribution in [3.63, 3.8) is 0 Å². The molecule has 1 amide bonds. The van der Waals surface area contributed by atoms with Crippen LogP contribution in [0.2, 0.25) is 0 Å². The smallest absolute Gasteiger partial charge is 0.237 e. The van der Waals surface area contributed by atoms with Crippen LogP contribution in [0.4, 0.5) is 5.69 Å². The van der Waals surface area contributed by atoms with Gasteiger partial charge in [-0.25, -0.2) is 8.42 Å². The second-order valence-corrected chi connectivity index (χ2v) is 6.97. The molecule has 1 heterocycles. The van der Waals surface area contributed by atoms with E-state index in [0.29, 0.717) is 24.5 Å². The number of carbonyl (C=O) groups is 1. The molecule has 0 aromatic heterocycles. The third-order valence-electron chi connectivity index (χ3n) is 3.31. The van der Waals surface area contributed by atoms with Crippen molar-refractivity contribution in [2.45, 2.75) is 0 Å². The number of hydrogen-bond acceptors (Lipinski definition) is 5. The third kappa shape index (κ3) is 4.08. The van der Waals surface area contributed by atoms with E-state index in [4.69, 9.17) is 10.5 Å². The van der Waals surface area contributed by atoms with E-state index >= 15 is 0 Å². The van der Waals surface area contributed by atoms with Crippen LogP contribution in [0.15, 0.2) is 24.3 Å². The van der Waals surface area contributed by atoms with Gasteiger partial charge in [-0.3, -0.25) is 4.79 Å². The molecule has 1 aromatic rings. The first-order chi connectivity index (χ1) is 9.88. The maximum Gasteiger partial charge on any atom is 0.237 e. The normalized spacial score (nSPS) is 17.0. The van der Waals surface area contributed by atoms with Crippen molar-refractivity contribution in [2.75, 3.05) is 44.8 Å². The highest BCUT2D eigenvalue weighted by molar-refractivity contribution is 7.89. The van der Waals surface area contributed by atoms with E-state index in [0.717, 1.165) is 0 Å². The van der Waals surface area contributed by atoms with Gasteiger partial charge in [0, 0.05) is 25.8 Å². The highest BCUT2D eigenvalue weighted by atomic mass is 32.2. The van der Waals surface area contributed by atoms with Crippen molar-refractivity contribution < 1.29 is 17.9 Å². The lowest BCUT2D eigenvalue weighted by molar-refractivity contribution is -0.132. The Balaban J connectivity index is 1.86. The minimum absolute atomic E-state index is 0.0345. The summed E-state index contributed by atoms with van der Waals surface area (Å²) in [4.78, 5) is 13.1. The van der Waals surface area contributed by atoms with E-state index in [1.807, 2.05) is 0 Å². The van der Waals surface area contributed by atoms with Gasteiger partial charge in [-0.05, 0) is 24.3 Å². The third-order valence-corrected chi connectivity index (χ3v) is 5.09. The Morgan fingerprint density at radius 2 is 1.90 bits per heavy atom. The molecule has 0 bridgehead atoms. The van der Waals surface area contributed by atoms with Crippen LogP contribution in [0.5, 0.6) is 5.75 Å². The number of rotatable bonds is 5. The van der Waals surface area contributed by atoms with Crippen LogP contribution in [0.1, 0.15) is 0 Å². The molecule has 116 valence electrons. The average molecular weight is 313 g/mol. The Morgan fingerprint density at radius 3 is 2.52 bits per heavy atom. The van der Waals surface area contributed by atoms with Crippen molar-refractivity contribution >= 4 is 21.6 Å². The van der Waals surface area contributed by atoms with Crippen LogP contribution in [-0.4, -0.2) is 62.6 Å². The van der Waals surface area contributed by atoms with Crippen LogP contribution in [0.25, 0.3) is 0 Å². The Morgan fingerprint density at radius 1 is 1.24 bits per heavy atom. The van der Waals surface area contributed by atoms with Gasteiger partial charge in [0.1, 0.15) is 12.4 Å². The highest BCUT2D eigenvalue weighted by Crippen LogP contribution is 2.14. The minimum atomic E-state index is -3.48. The van der Waals surface area contributed by atoms with Crippen LogP contribution in [0.3, 0.4) is 0 Å². The summed E-state index contributed by atoms with van der Waals surface area (Å²) in [7, 11) is -1.82. The summed E-state index contributed by atoms with van der Waals surface area (Å²) in [6.07, 6.45) is 0. The number of piperazine rings is 1. The maximum atomic E-state index is 12.1. The van der Waals surface area contributed by atoms with Gasteiger partial charge in [-0.2, -0.15) is 4.31 Å². The summed E-state index contributed by atoms with van der Waals surface area (Å²) >= 11 is 0. The summed E-state index contributed by atoms with van der Waals surface area (Å²) in [6.45, 7) is 0.677. The Kier molecular flexibility index (Phi) is 4.69. The number of amides is 1. The molecule has 0 aliphatic carbocycles. The number of sulfonamides is 1.